The zero-order valence-corrected chi connectivity index (χ0v) is 10.2. The Hall–Kier alpha value is -1.02. The molecule has 0 aliphatic heterocycles. The molecule has 1 heterocycles. The zero-order valence-electron chi connectivity index (χ0n) is 10.2. The van der Waals surface area contributed by atoms with Crippen molar-refractivity contribution in [1.29, 1.82) is 0 Å². The average Bonchev–Trinajstić information content (AvgIpc) is 2.75. The van der Waals surface area contributed by atoms with E-state index < -0.39 is 0 Å². The van der Waals surface area contributed by atoms with Crippen LogP contribution >= 0.6 is 0 Å². The van der Waals surface area contributed by atoms with Crippen molar-refractivity contribution >= 4 is 0 Å². The maximum absolute atomic E-state index is 3.86. The lowest BCUT2D eigenvalue weighted by molar-refractivity contribution is 0.199. The molecule has 0 fully saturated rings. The fourth-order valence-electron chi connectivity index (χ4n) is 2.72. The summed E-state index contributed by atoms with van der Waals surface area (Å²) in [5.74, 6) is 0. The lowest BCUT2D eigenvalue weighted by atomic mass is 9.90. The molecule has 1 unspecified atom stereocenters. The first-order valence-corrected chi connectivity index (χ1v) is 6.34. The maximum atomic E-state index is 3.86. The van der Waals surface area contributed by atoms with E-state index in [-0.39, 0.29) is 0 Å². The molecular weight excluding hydrogens is 196 g/mol. The minimum Gasteiger partial charge on any atom is -0.367 e. The monoisotopic (exact) mass is 218 g/mol. The van der Waals surface area contributed by atoms with Crippen LogP contribution in [0.1, 0.15) is 30.9 Å². The van der Waals surface area contributed by atoms with Crippen LogP contribution in [-0.4, -0.2) is 29.0 Å². The molecule has 2 heteroatoms. The molecule has 0 bridgehead atoms. The van der Waals surface area contributed by atoms with Crippen LogP contribution in [0.15, 0.2) is 25.0 Å². The van der Waals surface area contributed by atoms with Crippen LogP contribution < -0.4 is 0 Å². The highest BCUT2D eigenvalue weighted by Gasteiger charge is 2.23. The Morgan fingerprint density at radius 2 is 2.31 bits per heavy atom. The number of hydrogen-bond donors (Lipinski definition) is 1. The molecule has 1 atom stereocenters. The smallest absolute Gasteiger partial charge is 0.0163 e. The summed E-state index contributed by atoms with van der Waals surface area (Å²) in [5.41, 5.74) is 3.03. The molecule has 1 aliphatic carbocycles. The van der Waals surface area contributed by atoms with Crippen LogP contribution in [0.5, 0.6) is 0 Å². The number of nitrogens with zero attached hydrogens (tertiary/aromatic N) is 1. The molecule has 0 spiro atoms. The number of aromatic amines is 1. The van der Waals surface area contributed by atoms with E-state index in [4.69, 9.17) is 0 Å². The van der Waals surface area contributed by atoms with Crippen molar-refractivity contribution < 1.29 is 0 Å². The normalized spacial score (nSPS) is 19.8. The van der Waals surface area contributed by atoms with Crippen molar-refractivity contribution in [3.8, 4) is 0 Å². The van der Waals surface area contributed by atoms with Crippen molar-refractivity contribution in [2.45, 2.75) is 38.6 Å². The van der Waals surface area contributed by atoms with E-state index in [1.165, 1.54) is 43.4 Å². The molecule has 1 N–H and O–H groups in total. The van der Waals surface area contributed by atoms with E-state index in [0.717, 1.165) is 6.54 Å². The van der Waals surface area contributed by atoms with Crippen molar-refractivity contribution in [3.05, 3.63) is 36.2 Å². The number of aryl methyl sites for hydroxylation is 1. The van der Waals surface area contributed by atoms with Gasteiger partial charge >= 0.3 is 0 Å². The molecule has 2 rings (SSSR count). The van der Waals surface area contributed by atoms with E-state index in [2.05, 4.69) is 35.8 Å². The Balaban J connectivity index is 2.02. The molecule has 1 aliphatic rings. The van der Waals surface area contributed by atoms with Crippen molar-refractivity contribution in [2.75, 3.05) is 13.1 Å². The van der Waals surface area contributed by atoms with E-state index in [1.54, 1.807) is 0 Å². The summed E-state index contributed by atoms with van der Waals surface area (Å²) >= 11 is 0. The predicted molar refractivity (Wildman–Crippen MR) is 68.7 cm³/mol. The third kappa shape index (κ3) is 2.38. The highest BCUT2D eigenvalue weighted by molar-refractivity contribution is 5.27. The first kappa shape index (κ1) is 11.5. The van der Waals surface area contributed by atoms with Gasteiger partial charge in [-0.1, -0.05) is 13.0 Å². The van der Waals surface area contributed by atoms with Crippen molar-refractivity contribution in [2.24, 2.45) is 0 Å². The molecule has 16 heavy (non-hydrogen) atoms. The number of H-pyrrole nitrogens is 1. The number of hydrogen-bond acceptors (Lipinski definition) is 1. The van der Waals surface area contributed by atoms with Gasteiger partial charge in [-0.05, 0) is 43.4 Å². The quantitative estimate of drug-likeness (QED) is 0.753. The minimum absolute atomic E-state index is 0.709. The number of rotatable bonds is 5. The minimum atomic E-state index is 0.709. The van der Waals surface area contributed by atoms with Crippen LogP contribution in [-0.2, 0) is 12.8 Å². The summed E-state index contributed by atoms with van der Waals surface area (Å²) < 4.78 is 0. The van der Waals surface area contributed by atoms with Gasteiger partial charge in [-0.2, -0.15) is 0 Å². The van der Waals surface area contributed by atoms with Crippen LogP contribution in [0.4, 0.5) is 0 Å². The lowest BCUT2D eigenvalue weighted by Gasteiger charge is -2.33. The Bertz CT molecular complexity index is 340. The molecule has 1 aromatic rings. The van der Waals surface area contributed by atoms with Gasteiger partial charge in [0.15, 0.2) is 0 Å². The second-order valence-electron chi connectivity index (χ2n) is 4.69. The fraction of sp³-hybridized carbons (Fsp3) is 0.571. The highest BCUT2D eigenvalue weighted by Crippen LogP contribution is 2.24. The van der Waals surface area contributed by atoms with Crippen LogP contribution in [0.2, 0.25) is 0 Å². The standard InChI is InChI=1S/C14H22N2/c1-3-7-16(8-4-2)14-6-5-12-10-15-11-13(12)9-14/h3,10-11,14-15H,1,4-9H2,2H3. The Kier molecular flexibility index (Phi) is 3.83. The number of nitrogens with one attached hydrogen (secondary N) is 1. The molecule has 1 aromatic heterocycles. The van der Waals surface area contributed by atoms with Gasteiger partial charge in [0, 0.05) is 25.0 Å². The second-order valence-corrected chi connectivity index (χ2v) is 4.69. The topological polar surface area (TPSA) is 19.0 Å². The van der Waals surface area contributed by atoms with Gasteiger partial charge in [0.25, 0.3) is 0 Å². The summed E-state index contributed by atoms with van der Waals surface area (Å²) in [6.07, 6.45) is 11.3. The molecular formula is C14H22N2. The molecule has 2 nitrogen and oxygen atoms in total. The highest BCUT2D eigenvalue weighted by atomic mass is 15.1. The predicted octanol–water partition coefficient (Wildman–Crippen LogP) is 2.77. The summed E-state index contributed by atoms with van der Waals surface area (Å²) in [4.78, 5) is 5.80. The molecule has 88 valence electrons. The molecule has 0 saturated heterocycles. The van der Waals surface area contributed by atoms with Gasteiger partial charge in [-0.25, -0.2) is 0 Å². The number of fused-ring (bicyclic) bond motifs is 1. The largest absolute Gasteiger partial charge is 0.367 e. The Morgan fingerprint density at radius 3 is 3.06 bits per heavy atom. The maximum Gasteiger partial charge on any atom is 0.0163 e. The third-order valence-electron chi connectivity index (χ3n) is 3.52. The summed E-state index contributed by atoms with van der Waals surface area (Å²) in [5, 5.41) is 0. The molecule has 0 amide bonds. The average molecular weight is 218 g/mol. The van der Waals surface area contributed by atoms with Crippen molar-refractivity contribution in [3.63, 3.8) is 0 Å². The Morgan fingerprint density at radius 1 is 1.50 bits per heavy atom. The van der Waals surface area contributed by atoms with Gasteiger partial charge in [0.1, 0.15) is 0 Å². The third-order valence-corrected chi connectivity index (χ3v) is 3.52. The molecule has 0 radical (unpaired) electrons. The first-order chi connectivity index (χ1) is 7.85. The lowest BCUT2D eigenvalue weighted by Crippen LogP contribution is -2.39. The number of aromatic nitrogens is 1. The van der Waals surface area contributed by atoms with E-state index in [1.807, 2.05) is 6.08 Å². The van der Waals surface area contributed by atoms with Gasteiger partial charge in [-0.3, -0.25) is 4.90 Å². The van der Waals surface area contributed by atoms with E-state index in [9.17, 15) is 0 Å². The molecule has 0 saturated carbocycles. The Labute approximate surface area is 98.4 Å². The molecule has 0 aromatic carbocycles. The SMILES string of the molecule is C=CCN(CCC)C1CCc2c[nH]cc2C1. The van der Waals surface area contributed by atoms with E-state index in [0.29, 0.717) is 6.04 Å². The van der Waals surface area contributed by atoms with Gasteiger partial charge < -0.3 is 4.98 Å². The summed E-state index contributed by atoms with van der Waals surface area (Å²) in [6.45, 7) is 8.33. The zero-order chi connectivity index (χ0) is 11.4. The fourth-order valence-corrected chi connectivity index (χ4v) is 2.72. The summed E-state index contributed by atoms with van der Waals surface area (Å²) in [7, 11) is 0. The van der Waals surface area contributed by atoms with Gasteiger partial charge in [-0.15, -0.1) is 6.58 Å². The second kappa shape index (κ2) is 5.35. The van der Waals surface area contributed by atoms with Crippen LogP contribution in [0.25, 0.3) is 0 Å². The van der Waals surface area contributed by atoms with Gasteiger partial charge in [0.05, 0.1) is 0 Å². The summed E-state index contributed by atoms with van der Waals surface area (Å²) in [6, 6.07) is 0.709. The first-order valence-electron chi connectivity index (χ1n) is 6.34. The van der Waals surface area contributed by atoms with Crippen LogP contribution in [0, 0.1) is 0 Å². The van der Waals surface area contributed by atoms with Crippen LogP contribution in [0.3, 0.4) is 0 Å². The van der Waals surface area contributed by atoms with E-state index >= 15 is 0 Å². The van der Waals surface area contributed by atoms with Crippen molar-refractivity contribution in [1.82, 2.24) is 9.88 Å². The van der Waals surface area contributed by atoms with Gasteiger partial charge in [0.2, 0.25) is 0 Å².